The van der Waals surface area contributed by atoms with Gasteiger partial charge in [0.05, 0.1) is 22.9 Å². The van der Waals surface area contributed by atoms with Gasteiger partial charge in [0, 0.05) is 56.6 Å². The van der Waals surface area contributed by atoms with E-state index in [1.807, 2.05) is 13.0 Å². The summed E-state index contributed by atoms with van der Waals surface area (Å²) in [6, 6.07) is 17.8. The average molecular weight is 630 g/mol. The number of likely N-dealkylation sites (tertiary alicyclic amines) is 1. The first kappa shape index (κ1) is 30.9. The van der Waals surface area contributed by atoms with Crippen molar-refractivity contribution in [2.45, 2.75) is 51.6 Å². The second-order valence-electron chi connectivity index (χ2n) is 11.9. The lowest BCUT2D eigenvalue weighted by Gasteiger charge is -2.41. The van der Waals surface area contributed by atoms with Gasteiger partial charge in [0.2, 0.25) is 0 Å². The molecule has 1 spiro atoms. The van der Waals surface area contributed by atoms with Crippen LogP contribution in [0.3, 0.4) is 0 Å². The summed E-state index contributed by atoms with van der Waals surface area (Å²) in [5, 5.41) is 9.57. The molecule has 0 saturated carbocycles. The molecule has 3 aromatic carbocycles. The number of hydrogen-bond acceptors (Lipinski definition) is 6. The Balaban J connectivity index is 1.20. The molecule has 3 aliphatic heterocycles. The topological polar surface area (TPSA) is 80.1 Å². The van der Waals surface area contributed by atoms with Crippen LogP contribution in [0.4, 0.5) is 20.6 Å². The summed E-state index contributed by atoms with van der Waals surface area (Å²) in [7, 11) is 0. The fourth-order valence-corrected chi connectivity index (χ4v) is 7.24. The van der Waals surface area contributed by atoms with E-state index in [9.17, 15) is 19.2 Å². The number of nitriles is 1. The van der Waals surface area contributed by atoms with Crippen molar-refractivity contribution >= 4 is 34.9 Å². The third kappa shape index (κ3) is 5.62. The molecule has 0 N–H and O–H groups in total. The number of nitrogens with zero attached hydrogens (tertiary/aromatic N) is 5. The molecule has 3 amide bonds. The van der Waals surface area contributed by atoms with Crippen molar-refractivity contribution in [3.8, 4) is 22.9 Å². The normalized spacial score (nSPS) is 18.2. The molecule has 0 radical (unpaired) electrons. The first-order valence-electron chi connectivity index (χ1n) is 15.7. The number of amides is 3. The number of ether oxygens (including phenoxy) is 1. The van der Waals surface area contributed by atoms with Crippen molar-refractivity contribution in [1.82, 2.24) is 9.80 Å². The molecule has 0 aromatic heterocycles. The van der Waals surface area contributed by atoms with E-state index < -0.39 is 11.4 Å². The third-order valence-corrected chi connectivity index (χ3v) is 9.65. The van der Waals surface area contributed by atoms with Gasteiger partial charge in [0.25, 0.3) is 5.91 Å². The summed E-state index contributed by atoms with van der Waals surface area (Å²) in [6.07, 6.45) is 3.57. The van der Waals surface area contributed by atoms with Crippen LogP contribution in [0.25, 0.3) is 11.1 Å². The van der Waals surface area contributed by atoms with Gasteiger partial charge in [-0.1, -0.05) is 29.8 Å². The summed E-state index contributed by atoms with van der Waals surface area (Å²) in [5.41, 5.74) is 2.83. The third-order valence-electron chi connectivity index (χ3n) is 9.34. The number of imide groups is 1. The van der Waals surface area contributed by atoms with Crippen LogP contribution in [0.2, 0.25) is 5.02 Å². The molecule has 3 aromatic rings. The largest absolute Gasteiger partial charge is 0.493 e. The van der Waals surface area contributed by atoms with Gasteiger partial charge < -0.3 is 14.5 Å². The maximum Gasteiger partial charge on any atom is 0.332 e. The van der Waals surface area contributed by atoms with Gasteiger partial charge in [0.15, 0.2) is 0 Å². The zero-order valence-electron chi connectivity index (χ0n) is 25.7. The standard InChI is InChI=1S/C35H37ClFN5O3/c1-3-41-34(44)42(31-12-9-25(20-29(31)36)28-19-26(22-38)30(37)21-32(28)45-4-2)33(43)35(41)13-17-39(18-14-35)23-24-7-10-27(11-8-24)40-15-5-6-16-40/h7-12,19-21H,3-6,13-18,23H2,1-2H3. The number of carbonyl (C=O) groups is 2. The molecule has 3 aliphatic rings. The van der Waals surface area contributed by atoms with Gasteiger partial charge in [-0.2, -0.15) is 5.26 Å². The second-order valence-corrected chi connectivity index (χ2v) is 12.3. The molecule has 0 atom stereocenters. The summed E-state index contributed by atoms with van der Waals surface area (Å²) in [5.74, 6) is -0.661. The minimum absolute atomic E-state index is 0.121. The van der Waals surface area contributed by atoms with Crippen LogP contribution in [-0.2, 0) is 11.3 Å². The van der Waals surface area contributed by atoms with E-state index in [-0.39, 0.29) is 28.3 Å². The van der Waals surface area contributed by atoms with Crippen LogP contribution < -0.4 is 14.5 Å². The Morgan fingerprint density at radius 1 is 0.978 bits per heavy atom. The van der Waals surface area contributed by atoms with E-state index in [4.69, 9.17) is 16.3 Å². The summed E-state index contributed by atoms with van der Waals surface area (Å²) in [4.78, 5) is 35.6. The Hall–Kier alpha value is -4.13. The molecule has 3 saturated heterocycles. The van der Waals surface area contributed by atoms with Crippen molar-refractivity contribution in [1.29, 1.82) is 5.26 Å². The molecule has 234 valence electrons. The van der Waals surface area contributed by atoms with E-state index in [2.05, 4.69) is 34.1 Å². The summed E-state index contributed by atoms with van der Waals surface area (Å²) in [6.45, 7) is 8.80. The summed E-state index contributed by atoms with van der Waals surface area (Å²) < 4.78 is 20.0. The molecule has 10 heteroatoms. The smallest absolute Gasteiger partial charge is 0.332 e. The fraction of sp³-hybridized carbons (Fsp3) is 0.400. The molecule has 8 nitrogen and oxygen atoms in total. The van der Waals surface area contributed by atoms with E-state index in [0.29, 0.717) is 55.9 Å². The quantitative estimate of drug-likeness (QED) is 0.254. The monoisotopic (exact) mass is 629 g/mol. The van der Waals surface area contributed by atoms with Gasteiger partial charge in [-0.05, 0) is 81.0 Å². The molecular formula is C35H37ClFN5O3. The maximum atomic E-state index is 14.3. The van der Waals surface area contributed by atoms with Crippen LogP contribution in [0.15, 0.2) is 54.6 Å². The Kier molecular flexibility index (Phi) is 8.71. The molecule has 3 fully saturated rings. The van der Waals surface area contributed by atoms with Gasteiger partial charge in [-0.3, -0.25) is 9.69 Å². The Morgan fingerprint density at radius 3 is 2.31 bits per heavy atom. The van der Waals surface area contributed by atoms with E-state index in [1.54, 1.807) is 30.0 Å². The SMILES string of the molecule is CCOc1cc(F)c(C#N)cc1-c1ccc(N2C(=O)N(CC)C3(CCN(Cc4ccc(N5CCCC5)cc4)CC3)C2=O)c(Cl)c1. The number of benzene rings is 3. The zero-order valence-corrected chi connectivity index (χ0v) is 26.4. The molecule has 0 aliphatic carbocycles. The molecule has 3 heterocycles. The first-order valence-corrected chi connectivity index (χ1v) is 16.1. The van der Waals surface area contributed by atoms with Crippen LogP contribution in [0.5, 0.6) is 5.75 Å². The minimum atomic E-state index is -0.926. The van der Waals surface area contributed by atoms with Crippen LogP contribution in [0, 0.1) is 17.1 Å². The Morgan fingerprint density at radius 2 is 1.69 bits per heavy atom. The number of halogens is 2. The van der Waals surface area contributed by atoms with Crippen molar-refractivity contribution < 1.29 is 18.7 Å². The molecule has 0 bridgehead atoms. The number of hydrogen-bond donors (Lipinski definition) is 0. The number of likely N-dealkylation sites (N-methyl/N-ethyl adjacent to an activating group) is 1. The highest BCUT2D eigenvalue weighted by atomic mass is 35.5. The highest BCUT2D eigenvalue weighted by molar-refractivity contribution is 6.36. The lowest BCUT2D eigenvalue weighted by molar-refractivity contribution is -0.127. The van der Waals surface area contributed by atoms with Crippen LogP contribution in [-0.4, -0.2) is 66.6 Å². The predicted octanol–water partition coefficient (Wildman–Crippen LogP) is 6.84. The number of piperidine rings is 1. The lowest BCUT2D eigenvalue weighted by Crippen LogP contribution is -2.56. The lowest BCUT2D eigenvalue weighted by atomic mass is 9.85. The van der Waals surface area contributed by atoms with Gasteiger partial charge in [-0.15, -0.1) is 0 Å². The Labute approximate surface area is 268 Å². The highest BCUT2D eigenvalue weighted by Gasteiger charge is 2.58. The Bertz CT molecular complexity index is 1640. The van der Waals surface area contributed by atoms with Gasteiger partial charge >= 0.3 is 6.03 Å². The predicted molar refractivity (Wildman–Crippen MR) is 173 cm³/mol. The molecule has 6 rings (SSSR count). The zero-order chi connectivity index (χ0) is 31.7. The minimum Gasteiger partial charge on any atom is -0.493 e. The van der Waals surface area contributed by atoms with E-state index >= 15 is 0 Å². The van der Waals surface area contributed by atoms with Crippen molar-refractivity contribution in [3.05, 3.63) is 76.6 Å². The second kappa shape index (κ2) is 12.7. The van der Waals surface area contributed by atoms with Crippen molar-refractivity contribution in [3.63, 3.8) is 0 Å². The van der Waals surface area contributed by atoms with Crippen LogP contribution >= 0.6 is 11.6 Å². The molecule has 0 unspecified atom stereocenters. The summed E-state index contributed by atoms with van der Waals surface area (Å²) >= 11 is 6.75. The van der Waals surface area contributed by atoms with Crippen molar-refractivity contribution in [2.75, 3.05) is 49.1 Å². The molecule has 45 heavy (non-hydrogen) atoms. The van der Waals surface area contributed by atoms with Gasteiger partial charge in [0.1, 0.15) is 23.2 Å². The number of urea groups is 1. The van der Waals surface area contributed by atoms with Gasteiger partial charge in [-0.25, -0.2) is 14.1 Å². The number of anilines is 2. The number of rotatable bonds is 8. The molecular weight excluding hydrogens is 593 g/mol. The first-order chi connectivity index (χ1) is 21.8. The highest BCUT2D eigenvalue weighted by Crippen LogP contribution is 2.43. The maximum absolute atomic E-state index is 14.3. The number of carbonyl (C=O) groups excluding carboxylic acids is 2. The van der Waals surface area contributed by atoms with Crippen molar-refractivity contribution in [2.24, 2.45) is 0 Å². The fourth-order valence-electron chi connectivity index (χ4n) is 6.97. The average Bonchev–Trinajstić information content (AvgIpc) is 3.65. The van der Waals surface area contributed by atoms with Crippen LogP contribution in [0.1, 0.15) is 50.7 Å². The van der Waals surface area contributed by atoms with E-state index in [1.165, 1.54) is 41.1 Å². The van der Waals surface area contributed by atoms with E-state index in [0.717, 1.165) is 19.6 Å².